The maximum absolute atomic E-state index is 12.5. The van der Waals surface area contributed by atoms with Gasteiger partial charge in [-0.1, -0.05) is 26.0 Å². The summed E-state index contributed by atoms with van der Waals surface area (Å²) in [5, 5.41) is 0. The van der Waals surface area contributed by atoms with Gasteiger partial charge in [0.1, 0.15) is 5.82 Å². The van der Waals surface area contributed by atoms with Crippen LogP contribution in [-0.4, -0.2) is 30.3 Å². The molecule has 0 saturated carbocycles. The monoisotopic (exact) mass is 378 g/mol. The van der Waals surface area contributed by atoms with Crippen LogP contribution < -0.4 is 21.9 Å². The van der Waals surface area contributed by atoms with Crippen molar-refractivity contribution in [3.05, 3.63) is 30.3 Å². The van der Waals surface area contributed by atoms with Gasteiger partial charge in [-0.25, -0.2) is 18.1 Å². The quantitative estimate of drug-likeness (QED) is 0.563. The SMILES string of the molecule is CC(C)C[C@H](N)C(=O)NS(=O)(=O)c1cccc(-c2cc(N)nc(N)n2)c1. The van der Waals surface area contributed by atoms with Crippen molar-refractivity contribution in [3.8, 4) is 11.3 Å². The average Bonchev–Trinajstić information content (AvgIpc) is 2.53. The lowest BCUT2D eigenvalue weighted by Gasteiger charge is -2.14. The molecule has 1 heterocycles. The fourth-order valence-corrected chi connectivity index (χ4v) is 3.41. The smallest absolute Gasteiger partial charge is 0.264 e. The van der Waals surface area contributed by atoms with Crippen LogP contribution in [0.5, 0.6) is 0 Å². The van der Waals surface area contributed by atoms with Gasteiger partial charge in [0.2, 0.25) is 5.95 Å². The normalized spacial score (nSPS) is 12.8. The van der Waals surface area contributed by atoms with Gasteiger partial charge in [-0.05, 0) is 24.5 Å². The lowest BCUT2D eigenvalue weighted by molar-refractivity contribution is -0.120. The number of hydrogen-bond acceptors (Lipinski definition) is 8. The number of carbonyl (C=O) groups is 1. The van der Waals surface area contributed by atoms with Gasteiger partial charge < -0.3 is 17.2 Å². The Kier molecular flexibility index (Phi) is 5.78. The molecule has 0 saturated heterocycles. The predicted octanol–water partition coefficient (Wildman–Crippen LogP) is 0.486. The molecule has 1 amide bonds. The van der Waals surface area contributed by atoms with E-state index in [-0.39, 0.29) is 22.6 Å². The molecule has 0 aliphatic carbocycles. The van der Waals surface area contributed by atoms with Gasteiger partial charge in [0.05, 0.1) is 16.6 Å². The zero-order chi connectivity index (χ0) is 19.5. The summed E-state index contributed by atoms with van der Waals surface area (Å²) in [6.07, 6.45) is 0.376. The molecule has 2 rings (SSSR count). The van der Waals surface area contributed by atoms with Crippen molar-refractivity contribution in [2.24, 2.45) is 11.7 Å². The van der Waals surface area contributed by atoms with E-state index in [1.165, 1.54) is 24.3 Å². The number of sulfonamides is 1. The third-order valence-electron chi connectivity index (χ3n) is 3.50. The molecule has 2 aromatic rings. The van der Waals surface area contributed by atoms with Crippen molar-refractivity contribution in [1.82, 2.24) is 14.7 Å². The second-order valence-corrected chi connectivity index (χ2v) is 7.95. The molecule has 140 valence electrons. The Morgan fingerprint density at radius 1 is 1.19 bits per heavy atom. The van der Waals surface area contributed by atoms with Gasteiger partial charge in [-0.15, -0.1) is 0 Å². The minimum Gasteiger partial charge on any atom is -0.384 e. The van der Waals surface area contributed by atoms with Gasteiger partial charge in [-0.3, -0.25) is 4.79 Å². The van der Waals surface area contributed by atoms with E-state index in [1.807, 2.05) is 18.6 Å². The summed E-state index contributed by atoms with van der Waals surface area (Å²) in [6, 6.07) is 6.46. The number of benzene rings is 1. The highest BCUT2D eigenvalue weighted by molar-refractivity contribution is 7.90. The van der Waals surface area contributed by atoms with Crippen LogP contribution >= 0.6 is 0 Å². The number of nitrogen functional groups attached to an aromatic ring is 2. The van der Waals surface area contributed by atoms with Crippen molar-refractivity contribution >= 4 is 27.7 Å². The first-order valence-electron chi connectivity index (χ1n) is 7.91. The standard InChI is InChI=1S/C16H22N6O3S/c1-9(2)6-12(17)15(23)22-26(24,25)11-5-3-4-10(7-11)13-8-14(18)21-16(19)20-13/h3-5,7-9,12H,6,17H2,1-2H3,(H,22,23)(H4,18,19,20,21)/t12-/m0/s1. The van der Waals surface area contributed by atoms with Crippen LogP contribution in [0.4, 0.5) is 11.8 Å². The molecule has 1 aromatic heterocycles. The van der Waals surface area contributed by atoms with E-state index in [9.17, 15) is 13.2 Å². The number of rotatable bonds is 6. The molecule has 0 unspecified atom stereocenters. The number of hydrogen-bond donors (Lipinski definition) is 4. The number of nitrogens with one attached hydrogen (secondary N) is 1. The Labute approximate surface area is 152 Å². The zero-order valence-corrected chi connectivity index (χ0v) is 15.3. The van der Waals surface area contributed by atoms with Crippen LogP contribution in [0.2, 0.25) is 0 Å². The van der Waals surface area contributed by atoms with Crippen molar-refractivity contribution in [1.29, 1.82) is 0 Å². The molecular weight excluding hydrogens is 356 g/mol. The minimum atomic E-state index is -4.08. The summed E-state index contributed by atoms with van der Waals surface area (Å²) in [4.78, 5) is 19.7. The molecule has 10 heteroatoms. The first-order valence-corrected chi connectivity index (χ1v) is 9.39. The third-order valence-corrected chi connectivity index (χ3v) is 4.84. The number of aromatic nitrogens is 2. The Morgan fingerprint density at radius 2 is 1.88 bits per heavy atom. The average molecular weight is 378 g/mol. The molecule has 0 aliphatic rings. The van der Waals surface area contributed by atoms with E-state index in [0.717, 1.165) is 0 Å². The number of carbonyl (C=O) groups excluding carboxylic acids is 1. The first kappa shape index (κ1) is 19.6. The second-order valence-electron chi connectivity index (χ2n) is 6.27. The zero-order valence-electron chi connectivity index (χ0n) is 14.5. The van der Waals surface area contributed by atoms with Gasteiger partial charge >= 0.3 is 0 Å². The highest BCUT2D eigenvalue weighted by Gasteiger charge is 2.23. The van der Waals surface area contributed by atoms with Gasteiger partial charge in [0, 0.05) is 11.6 Å². The molecule has 0 bridgehead atoms. The Balaban J connectivity index is 2.29. The molecule has 7 N–H and O–H groups in total. The highest BCUT2D eigenvalue weighted by atomic mass is 32.2. The van der Waals surface area contributed by atoms with Crippen LogP contribution in [0.3, 0.4) is 0 Å². The summed E-state index contributed by atoms with van der Waals surface area (Å²) < 4.78 is 27.0. The van der Waals surface area contributed by atoms with Crippen molar-refractivity contribution < 1.29 is 13.2 Å². The first-order chi connectivity index (χ1) is 12.1. The van der Waals surface area contributed by atoms with E-state index >= 15 is 0 Å². The van der Waals surface area contributed by atoms with Gasteiger partial charge in [-0.2, -0.15) is 4.98 Å². The van der Waals surface area contributed by atoms with Crippen LogP contribution in [0.15, 0.2) is 35.2 Å². The van der Waals surface area contributed by atoms with E-state index < -0.39 is 22.0 Å². The second kappa shape index (κ2) is 7.67. The minimum absolute atomic E-state index is 0.0266. The molecular formula is C16H22N6O3S. The lowest BCUT2D eigenvalue weighted by atomic mass is 10.0. The molecule has 1 aromatic carbocycles. The Hall–Kier alpha value is -2.72. The van der Waals surface area contributed by atoms with Gasteiger partial charge in [0.25, 0.3) is 15.9 Å². The third kappa shape index (κ3) is 4.90. The fraction of sp³-hybridized carbons (Fsp3) is 0.312. The summed E-state index contributed by atoms with van der Waals surface area (Å²) in [7, 11) is -4.08. The summed E-state index contributed by atoms with van der Waals surface area (Å²) in [5.74, 6) is -0.454. The maximum atomic E-state index is 12.5. The van der Waals surface area contributed by atoms with Gasteiger partial charge in [0.15, 0.2) is 0 Å². The largest absolute Gasteiger partial charge is 0.384 e. The topological polar surface area (TPSA) is 167 Å². The van der Waals surface area contributed by atoms with Crippen LogP contribution in [0, 0.1) is 5.92 Å². The molecule has 26 heavy (non-hydrogen) atoms. The number of nitrogens with zero attached hydrogens (tertiary/aromatic N) is 2. The van der Waals surface area contributed by atoms with Crippen molar-refractivity contribution in [3.63, 3.8) is 0 Å². The number of anilines is 2. The number of nitrogens with two attached hydrogens (primary N) is 3. The fourth-order valence-electron chi connectivity index (χ4n) is 2.34. The van der Waals surface area contributed by atoms with Crippen LogP contribution in [0.25, 0.3) is 11.3 Å². The number of amides is 1. The maximum Gasteiger partial charge on any atom is 0.264 e. The lowest BCUT2D eigenvalue weighted by Crippen LogP contribution is -2.43. The van der Waals surface area contributed by atoms with Crippen LogP contribution in [0.1, 0.15) is 20.3 Å². The Morgan fingerprint density at radius 3 is 2.50 bits per heavy atom. The highest BCUT2D eigenvalue weighted by Crippen LogP contribution is 2.22. The summed E-state index contributed by atoms with van der Waals surface area (Å²) in [5.41, 5.74) is 17.8. The predicted molar refractivity (Wildman–Crippen MR) is 99.1 cm³/mol. The molecule has 0 aliphatic heterocycles. The van der Waals surface area contributed by atoms with Crippen molar-refractivity contribution in [2.45, 2.75) is 31.2 Å². The van der Waals surface area contributed by atoms with Crippen molar-refractivity contribution in [2.75, 3.05) is 11.5 Å². The summed E-state index contributed by atoms with van der Waals surface area (Å²) in [6.45, 7) is 3.79. The van der Waals surface area contributed by atoms with Crippen LogP contribution in [-0.2, 0) is 14.8 Å². The molecule has 1 atom stereocenters. The van der Waals surface area contributed by atoms with E-state index in [2.05, 4.69) is 9.97 Å². The molecule has 0 radical (unpaired) electrons. The van der Waals surface area contributed by atoms with E-state index in [1.54, 1.807) is 6.07 Å². The molecule has 0 spiro atoms. The van der Waals surface area contributed by atoms with E-state index in [4.69, 9.17) is 17.2 Å². The van der Waals surface area contributed by atoms with E-state index in [0.29, 0.717) is 17.7 Å². The molecule has 0 fully saturated rings. The molecule has 9 nitrogen and oxygen atoms in total. The Bertz CT molecular complexity index is 894. The summed E-state index contributed by atoms with van der Waals surface area (Å²) >= 11 is 0.